The minimum atomic E-state index is -3.06. The number of rotatable bonds is 6. The molecule has 0 amide bonds. The quantitative estimate of drug-likeness (QED) is 0.164. The van der Waals surface area contributed by atoms with Crippen molar-refractivity contribution in [2.45, 2.75) is 0 Å². The highest BCUT2D eigenvalue weighted by Gasteiger charge is 2.50. The lowest BCUT2D eigenvalue weighted by molar-refractivity contribution is 0.483. The van der Waals surface area contributed by atoms with Gasteiger partial charge in [0, 0.05) is 40.5 Å². The molecule has 0 saturated carbocycles. The van der Waals surface area contributed by atoms with Gasteiger partial charge in [-0.25, -0.2) is 4.98 Å². The summed E-state index contributed by atoms with van der Waals surface area (Å²) >= 11 is 0. The summed E-state index contributed by atoms with van der Waals surface area (Å²) in [6, 6.07) is 61.5. The van der Waals surface area contributed by atoms with E-state index in [2.05, 4.69) is 131 Å². The summed E-state index contributed by atoms with van der Waals surface area (Å²) in [6.07, 6.45) is 3.67. The number of pyridine rings is 2. The van der Waals surface area contributed by atoms with Crippen molar-refractivity contribution < 1.29 is 9.15 Å². The second-order valence-electron chi connectivity index (χ2n) is 13.0. The number of benzene rings is 6. The molecule has 52 heavy (non-hydrogen) atoms. The Bertz CT molecular complexity index is 2680. The summed E-state index contributed by atoms with van der Waals surface area (Å²) in [5.74, 6) is 2.31. The minimum Gasteiger partial charge on any atom is -0.457 e. The monoisotopic (exact) mass is 685 g/mol. The predicted octanol–water partition coefficient (Wildman–Crippen LogP) is 9.00. The van der Waals surface area contributed by atoms with E-state index in [1.54, 1.807) is 0 Å². The van der Waals surface area contributed by atoms with Gasteiger partial charge in [0.15, 0.2) is 8.07 Å². The Morgan fingerprint density at radius 3 is 1.98 bits per heavy atom. The molecule has 0 unspecified atom stereocenters. The Balaban J connectivity index is 1.29. The first-order valence-electron chi connectivity index (χ1n) is 17.4. The fourth-order valence-electron chi connectivity index (χ4n) is 7.98. The number of ether oxygens (including phenoxy) is 1. The first kappa shape index (κ1) is 30.1. The number of aromatic nitrogens is 2. The summed E-state index contributed by atoms with van der Waals surface area (Å²) in [5.41, 5.74) is 5.77. The number of hydrogen-bond acceptors (Lipinski definition) is 5. The molecular weight excluding hydrogens is 655 g/mol. The van der Waals surface area contributed by atoms with Crippen LogP contribution in [0.15, 0.2) is 193 Å². The van der Waals surface area contributed by atoms with Crippen LogP contribution >= 0.6 is 0 Å². The van der Waals surface area contributed by atoms with E-state index >= 15 is 0 Å². The lowest BCUT2D eigenvalue weighted by atomic mass is 10.1. The van der Waals surface area contributed by atoms with Crippen LogP contribution < -0.4 is 30.4 Å². The van der Waals surface area contributed by atoms with Crippen LogP contribution in [0, 0.1) is 0 Å². The number of anilines is 3. The largest absolute Gasteiger partial charge is 0.457 e. The van der Waals surface area contributed by atoms with E-state index in [-0.39, 0.29) is 0 Å². The van der Waals surface area contributed by atoms with Crippen molar-refractivity contribution in [3.8, 4) is 22.8 Å². The molecule has 1 aliphatic rings. The molecule has 0 aliphatic carbocycles. The highest BCUT2D eigenvalue weighted by Crippen LogP contribution is 2.43. The van der Waals surface area contributed by atoms with Crippen molar-refractivity contribution in [2.75, 3.05) is 4.90 Å². The van der Waals surface area contributed by atoms with Crippen molar-refractivity contribution >= 4 is 68.0 Å². The SMILES string of the molecule is c1ccc([Si]2(c3ccccc3)c3ccc(Oc4cccc(-c5ccccn5)c4)cc3N(c3ccccn3)c3ccc4oc5ccccc5c4c32)cc1. The zero-order chi connectivity index (χ0) is 34.5. The van der Waals surface area contributed by atoms with E-state index in [1.165, 1.54) is 20.7 Å². The van der Waals surface area contributed by atoms with Gasteiger partial charge in [-0.3, -0.25) is 9.88 Å². The number of furan rings is 1. The van der Waals surface area contributed by atoms with Gasteiger partial charge in [-0.2, -0.15) is 0 Å². The van der Waals surface area contributed by atoms with Crippen LogP contribution in [0.3, 0.4) is 0 Å². The number of hydrogen-bond donors (Lipinski definition) is 0. The molecule has 0 fully saturated rings. The maximum atomic E-state index is 6.70. The highest BCUT2D eigenvalue weighted by molar-refractivity contribution is 7.22. The van der Waals surface area contributed by atoms with Gasteiger partial charge in [0.2, 0.25) is 0 Å². The summed E-state index contributed by atoms with van der Waals surface area (Å²) < 4.78 is 13.3. The second kappa shape index (κ2) is 12.2. The van der Waals surface area contributed by atoms with Crippen LogP contribution in [0.1, 0.15) is 0 Å². The molecule has 9 aromatic rings. The van der Waals surface area contributed by atoms with Crippen molar-refractivity contribution in [2.24, 2.45) is 0 Å². The average Bonchev–Trinajstić information content (AvgIpc) is 3.60. The number of fused-ring (bicyclic) bond motifs is 6. The topological polar surface area (TPSA) is 51.4 Å². The summed E-state index contributed by atoms with van der Waals surface area (Å²) in [5, 5.41) is 7.36. The van der Waals surface area contributed by atoms with E-state index in [0.29, 0.717) is 0 Å². The summed E-state index contributed by atoms with van der Waals surface area (Å²) in [6.45, 7) is 0. The van der Waals surface area contributed by atoms with Crippen molar-refractivity contribution in [3.05, 3.63) is 188 Å². The van der Waals surface area contributed by atoms with Crippen LogP contribution in [0.4, 0.5) is 17.2 Å². The molecule has 0 spiro atoms. The second-order valence-corrected chi connectivity index (χ2v) is 16.7. The molecule has 0 radical (unpaired) electrons. The summed E-state index contributed by atoms with van der Waals surface area (Å²) in [7, 11) is -3.06. The lowest BCUT2D eigenvalue weighted by Crippen LogP contribution is -2.77. The Morgan fingerprint density at radius 1 is 0.519 bits per heavy atom. The normalized spacial score (nSPS) is 13.1. The smallest absolute Gasteiger partial charge is 0.185 e. The Hall–Kier alpha value is -6.76. The third-order valence-corrected chi connectivity index (χ3v) is 15.0. The van der Waals surface area contributed by atoms with Crippen LogP contribution in [0.2, 0.25) is 0 Å². The Morgan fingerprint density at radius 2 is 1.23 bits per heavy atom. The first-order chi connectivity index (χ1) is 25.8. The van der Waals surface area contributed by atoms with Gasteiger partial charge in [0.25, 0.3) is 0 Å². The number of para-hydroxylation sites is 1. The fraction of sp³-hybridized carbons (Fsp3) is 0. The van der Waals surface area contributed by atoms with Crippen LogP contribution in [0.5, 0.6) is 11.5 Å². The van der Waals surface area contributed by atoms with E-state index in [1.807, 2.05) is 67.0 Å². The molecule has 0 bridgehead atoms. The molecule has 5 nitrogen and oxygen atoms in total. The Kier molecular flexibility index (Phi) is 7.08. The maximum Gasteiger partial charge on any atom is 0.185 e. The average molecular weight is 686 g/mol. The molecule has 246 valence electrons. The Labute approximate surface area is 302 Å². The van der Waals surface area contributed by atoms with E-state index in [0.717, 1.165) is 61.9 Å². The molecule has 0 N–H and O–H groups in total. The van der Waals surface area contributed by atoms with Gasteiger partial charge in [-0.15, -0.1) is 0 Å². The van der Waals surface area contributed by atoms with Gasteiger partial charge >= 0.3 is 0 Å². The predicted molar refractivity (Wildman–Crippen MR) is 213 cm³/mol. The zero-order valence-corrected chi connectivity index (χ0v) is 29.1. The molecule has 1 aliphatic heterocycles. The molecule has 10 rings (SSSR count). The highest BCUT2D eigenvalue weighted by atomic mass is 28.3. The van der Waals surface area contributed by atoms with E-state index in [4.69, 9.17) is 14.1 Å². The van der Waals surface area contributed by atoms with Crippen LogP contribution in [-0.2, 0) is 0 Å². The van der Waals surface area contributed by atoms with Crippen molar-refractivity contribution in [1.82, 2.24) is 9.97 Å². The minimum absolute atomic E-state index is 0.736. The maximum absolute atomic E-state index is 6.70. The van der Waals surface area contributed by atoms with Crippen molar-refractivity contribution in [3.63, 3.8) is 0 Å². The molecule has 6 heteroatoms. The van der Waals surface area contributed by atoms with Crippen LogP contribution in [-0.4, -0.2) is 18.0 Å². The summed E-state index contributed by atoms with van der Waals surface area (Å²) in [4.78, 5) is 11.8. The van der Waals surface area contributed by atoms with Gasteiger partial charge in [-0.1, -0.05) is 109 Å². The van der Waals surface area contributed by atoms with Gasteiger partial charge in [0.05, 0.1) is 11.4 Å². The van der Waals surface area contributed by atoms with Crippen molar-refractivity contribution in [1.29, 1.82) is 0 Å². The van der Waals surface area contributed by atoms with Gasteiger partial charge < -0.3 is 9.15 Å². The van der Waals surface area contributed by atoms with Gasteiger partial charge in [0.1, 0.15) is 28.5 Å². The molecule has 0 atom stereocenters. The zero-order valence-electron chi connectivity index (χ0n) is 28.1. The molecule has 0 saturated heterocycles. The standard InChI is InChI=1S/C46H31N3O2Si/c1-3-16-35(17-4-1)52(36-18-5-2-6-19-36)43-27-24-34(50-33-15-13-14-32(30-33)38-21-9-11-28-47-38)31-40(43)49(44-23-10-12-29-48-44)39-25-26-42-45(46(39)52)37-20-7-8-22-41(37)51-42/h1-31H. The molecule has 6 aromatic carbocycles. The molecule has 4 heterocycles. The van der Waals surface area contributed by atoms with Gasteiger partial charge in [-0.05, 0) is 81.4 Å². The lowest BCUT2D eigenvalue weighted by Gasteiger charge is -2.45. The number of nitrogens with zero attached hydrogens (tertiary/aromatic N) is 3. The fourth-order valence-corrected chi connectivity index (χ4v) is 13.3. The third-order valence-electron chi connectivity index (χ3n) is 10.1. The molecule has 3 aromatic heterocycles. The first-order valence-corrected chi connectivity index (χ1v) is 19.4. The van der Waals surface area contributed by atoms with Crippen LogP contribution in [0.25, 0.3) is 33.2 Å². The van der Waals surface area contributed by atoms with E-state index in [9.17, 15) is 0 Å². The third kappa shape index (κ3) is 4.69. The van der Waals surface area contributed by atoms with E-state index < -0.39 is 8.07 Å². The molecular formula is C46H31N3O2Si.